The molecule has 30 heavy (non-hydrogen) atoms. The molecule has 4 aliphatic carbocycles. The Morgan fingerprint density at radius 2 is 1.60 bits per heavy atom. The number of aliphatic hydroxyl groups is 3. The quantitative estimate of drug-likeness (QED) is 0.546. The summed E-state index contributed by atoms with van der Waals surface area (Å²) >= 11 is 0. The van der Waals surface area contributed by atoms with Gasteiger partial charge in [-0.25, -0.2) is 0 Å². The number of rotatable bonds is 5. The van der Waals surface area contributed by atoms with Crippen LogP contribution in [0.15, 0.2) is 0 Å². The second kappa shape index (κ2) is 8.03. The highest BCUT2D eigenvalue weighted by atomic mass is 16.3. The second-order valence-electron chi connectivity index (χ2n) is 13.1. The fourth-order valence-electron chi connectivity index (χ4n) is 9.23. The molecule has 3 N–H and O–H groups in total. The van der Waals surface area contributed by atoms with Crippen LogP contribution < -0.4 is 0 Å². The van der Waals surface area contributed by atoms with E-state index in [9.17, 15) is 15.3 Å². The van der Waals surface area contributed by atoms with E-state index in [1.54, 1.807) is 0 Å². The molecule has 0 saturated heterocycles. The summed E-state index contributed by atoms with van der Waals surface area (Å²) in [6.07, 6.45) is 12.0. The lowest BCUT2D eigenvalue weighted by Crippen LogP contribution is -2.58. The highest BCUT2D eigenvalue weighted by Crippen LogP contribution is 2.68. The fourth-order valence-corrected chi connectivity index (χ4v) is 9.23. The monoisotopic (exact) mass is 420 g/mol. The highest BCUT2D eigenvalue weighted by Gasteiger charge is 2.62. The van der Waals surface area contributed by atoms with Crippen LogP contribution in [-0.2, 0) is 0 Å². The van der Waals surface area contributed by atoms with E-state index < -0.39 is 5.60 Å². The minimum atomic E-state index is -0.550. The molecule has 3 heteroatoms. The smallest absolute Gasteiger partial charge is 0.0591 e. The van der Waals surface area contributed by atoms with Crippen LogP contribution in [0.2, 0.25) is 0 Å². The third-order valence-electron chi connectivity index (χ3n) is 10.9. The summed E-state index contributed by atoms with van der Waals surface area (Å²) in [5, 5.41) is 31.7. The third-order valence-corrected chi connectivity index (χ3v) is 10.9. The molecule has 4 aliphatic rings. The van der Waals surface area contributed by atoms with Gasteiger partial charge >= 0.3 is 0 Å². The Morgan fingerprint density at radius 1 is 0.933 bits per heavy atom. The molecule has 3 nitrogen and oxygen atoms in total. The zero-order valence-corrected chi connectivity index (χ0v) is 20.2. The minimum absolute atomic E-state index is 0.152. The van der Waals surface area contributed by atoms with Crippen LogP contribution in [0.3, 0.4) is 0 Å². The van der Waals surface area contributed by atoms with Crippen LogP contribution in [0.1, 0.15) is 105 Å². The van der Waals surface area contributed by atoms with Crippen molar-refractivity contribution in [3.63, 3.8) is 0 Å². The predicted molar refractivity (Wildman–Crippen MR) is 122 cm³/mol. The molecule has 4 saturated carbocycles. The van der Waals surface area contributed by atoms with Crippen molar-refractivity contribution in [3.8, 4) is 0 Å². The van der Waals surface area contributed by atoms with Gasteiger partial charge in [-0.05, 0) is 118 Å². The number of aliphatic hydroxyl groups excluding tert-OH is 2. The summed E-state index contributed by atoms with van der Waals surface area (Å²) in [5.41, 5.74) is 0.139. The highest BCUT2D eigenvalue weighted by molar-refractivity contribution is 5.11. The van der Waals surface area contributed by atoms with Crippen molar-refractivity contribution >= 4 is 0 Å². The Hall–Kier alpha value is -0.120. The van der Waals surface area contributed by atoms with Gasteiger partial charge in [0.2, 0.25) is 0 Å². The molecule has 0 unspecified atom stereocenters. The van der Waals surface area contributed by atoms with Gasteiger partial charge in [-0.15, -0.1) is 0 Å². The van der Waals surface area contributed by atoms with E-state index >= 15 is 0 Å². The third kappa shape index (κ3) is 3.90. The van der Waals surface area contributed by atoms with Gasteiger partial charge in [-0.3, -0.25) is 0 Å². The summed E-state index contributed by atoms with van der Waals surface area (Å²) < 4.78 is 0. The molecule has 4 fully saturated rings. The zero-order valence-electron chi connectivity index (χ0n) is 20.2. The Labute approximate surface area is 185 Å². The van der Waals surface area contributed by atoms with Crippen molar-refractivity contribution in [1.29, 1.82) is 0 Å². The van der Waals surface area contributed by atoms with Crippen molar-refractivity contribution < 1.29 is 15.3 Å². The Morgan fingerprint density at radius 3 is 2.30 bits per heavy atom. The van der Waals surface area contributed by atoms with Crippen LogP contribution >= 0.6 is 0 Å². The van der Waals surface area contributed by atoms with Crippen molar-refractivity contribution in [3.05, 3.63) is 0 Å². The van der Waals surface area contributed by atoms with E-state index in [-0.39, 0.29) is 12.2 Å². The average molecular weight is 421 g/mol. The van der Waals surface area contributed by atoms with Crippen LogP contribution in [0.5, 0.6) is 0 Å². The Kier molecular flexibility index (Phi) is 6.17. The van der Waals surface area contributed by atoms with Gasteiger partial charge < -0.3 is 15.3 Å². The maximum atomic E-state index is 11.4. The second-order valence-corrected chi connectivity index (χ2v) is 13.1. The van der Waals surface area contributed by atoms with Crippen molar-refractivity contribution in [2.24, 2.45) is 46.3 Å². The predicted octanol–water partition coefficient (Wildman–Crippen LogP) is 5.55. The van der Waals surface area contributed by atoms with Gasteiger partial charge in [0.25, 0.3) is 0 Å². The molecule has 4 rings (SSSR count). The molecule has 0 aromatic heterocycles. The molecule has 10 atom stereocenters. The lowest BCUT2D eigenvalue weighted by Gasteiger charge is -2.62. The van der Waals surface area contributed by atoms with E-state index in [4.69, 9.17) is 0 Å². The molecule has 0 radical (unpaired) electrons. The number of fused-ring (bicyclic) bond motifs is 5. The summed E-state index contributed by atoms with van der Waals surface area (Å²) in [6.45, 7) is 11.4. The summed E-state index contributed by atoms with van der Waals surface area (Å²) in [7, 11) is 0. The lowest BCUT2D eigenvalue weighted by atomic mass is 9.43. The number of hydrogen-bond donors (Lipinski definition) is 3. The molecule has 0 heterocycles. The van der Waals surface area contributed by atoms with Gasteiger partial charge in [-0.1, -0.05) is 33.6 Å². The normalized spacial score (nSPS) is 49.8. The van der Waals surface area contributed by atoms with E-state index in [1.165, 1.54) is 32.1 Å². The van der Waals surface area contributed by atoms with E-state index in [2.05, 4.69) is 20.8 Å². The fraction of sp³-hybridized carbons (Fsp3) is 1.00. The van der Waals surface area contributed by atoms with Crippen molar-refractivity contribution in [1.82, 2.24) is 0 Å². The van der Waals surface area contributed by atoms with Gasteiger partial charge in [0, 0.05) is 0 Å². The molecule has 0 amide bonds. The molecule has 0 spiro atoms. The maximum Gasteiger partial charge on any atom is 0.0591 e. The maximum absolute atomic E-state index is 11.4. The zero-order chi connectivity index (χ0) is 21.9. The van der Waals surface area contributed by atoms with Gasteiger partial charge in [-0.2, -0.15) is 0 Å². The van der Waals surface area contributed by atoms with Gasteiger partial charge in [0.15, 0.2) is 0 Å². The van der Waals surface area contributed by atoms with Crippen LogP contribution in [0, 0.1) is 46.3 Å². The molecule has 0 aliphatic heterocycles. The summed E-state index contributed by atoms with van der Waals surface area (Å²) in [5.74, 6) is 3.73. The van der Waals surface area contributed by atoms with Crippen LogP contribution in [0.25, 0.3) is 0 Å². The van der Waals surface area contributed by atoms with Crippen LogP contribution in [0.4, 0.5) is 0 Å². The van der Waals surface area contributed by atoms with Gasteiger partial charge in [0.05, 0.1) is 17.8 Å². The average Bonchev–Trinajstić information content (AvgIpc) is 2.99. The summed E-state index contributed by atoms with van der Waals surface area (Å²) in [6, 6.07) is 0. The first kappa shape index (κ1) is 23.1. The van der Waals surface area contributed by atoms with E-state index in [0.29, 0.717) is 40.4 Å². The Bertz CT molecular complexity index is 612. The first-order chi connectivity index (χ1) is 14.0. The standard InChI is InChI=1S/C27H48O3/c1-17(7-6-12-25(2,3)30)20-8-9-21-24-22(11-14-27(20,21)5)26(4)13-10-19(28)15-18(26)16-23(24)29/h17-24,28-30H,6-16H2,1-5H3/t17-,18-,19-,20-,21+,22+,23-,24+,26+,27-/m1/s1. The number of hydrogen-bond acceptors (Lipinski definition) is 3. The molecule has 0 aromatic rings. The van der Waals surface area contributed by atoms with E-state index in [0.717, 1.165) is 44.4 Å². The topological polar surface area (TPSA) is 60.7 Å². The molecular weight excluding hydrogens is 372 g/mol. The Balaban J connectivity index is 1.49. The molecule has 0 aromatic carbocycles. The molecular formula is C27H48O3. The summed E-state index contributed by atoms with van der Waals surface area (Å²) in [4.78, 5) is 0. The molecule has 0 bridgehead atoms. The van der Waals surface area contributed by atoms with Gasteiger partial charge in [0.1, 0.15) is 0 Å². The van der Waals surface area contributed by atoms with Crippen molar-refractivity contribution in [2.75, 3.05) is 0 Å². The van der Waals surface area contributed by atoms with Crippen molar-refractivity contribution in [2.45, 2.75) is 123 Å². The van der Waals surface area contributed by atoms with Crippen LogP contribution in [-0.4, -0.2) is 33.1 Å². The molecule has 174 valence electrons. The van der Waals surface area contributed by atoms with E-state index in [1.807, 2.05) is 13.8 Å². The first-order valence-corrected chi connectivity index (χ1v) is 13.0. The lowest BCUT2D eigenvalue weighted by molar-refractivity contribution is -0.174. The first-order valence-electron chi connectivity index (χ1n) is 13.0. The SMILES string of the molecule is C[C@H](CCCC(C)(C)O)[C@H]1CC[C@H]2[C@@H]3[C@H](O)C[C@H]4C[C@H](O)CC[C@]4(C)[C@H]3CC[C@]12C. The largest absolute Gasteiger partial charge is 0.393 e. The minimum Gasteiger partial charge on any atom is -0.393 e.